The van der Waals surface area contributed by atoms with Gasteiger partial charge in [-0.1, -0.05) is 44.9 Å². The molecule has 2 N–H and O–H groups in total. The fourth-order valence-corrected chi connectivity index (χ4v) is 3.85. The van der Waals surface area contributed by atoms with Crippen LogP contribution in [0.2, 0.25) is 0 Å². The molecule has 1 aliphatic carbocycles. The van der Waals surface area contributed by atoms with Gasteiger partial charge in [-0.3, -0.25) is 0 Å². The van der Waals surface area contributed by atoms with E-state index in [-0.39, 0.29) is 24.1 Å². The Bertz CT molecular complexity index is 249. The quantitative estimate of drug-likeness (QED) is 0.691. The van der Waals surface area contributed by atoms with E-state index in [0.717, 1.165) is 12.8 Å². The fourth-order valence-electron chi connectivity index (χ4n) is 3.85. The largest absolute Gasteiger partial charge is 0.394 e. The van der Waals surface area contributed by atoms with Crippen molar-refractivity contribution in [3.05, 3.63) is 0 Å². The zero-order chi connectivity index (χ0) is 13.0. The summed E-state index contributed by atoms with van der Waals surface area (Å²) >= 11 is 0. The highest BCUT2D eigenvalue weighted by Gasteiger charge is 2.52. The van der Waals surface area contributed by atoms with Crippen LogP contribution in [-0.2, 0) is 4.74 Å². The number of hydrogen-bond donors (Lipinski definition) is 2. The molecule has 0 aromatic rings. The second-order valence-corrected chi connectivity index (χ2v) is 6.15. The molecule has 104 valence electrons. The van der Waals surface area contributed by atoms with E-state index in [1.54, 1.807) is 0 Å². The molecule has 3 atom stereocenters. The highest BCUT2D eigenvalue weighted by atomic mass is 16.5. The van der Waals surface area contributed by atoms with Gasteiger partial charge in [0, 0.05) is 11.4 Å². The number of aliphatic hydroxyl groups is 2. The predicted molar refractivity (Wildman–Crippen MR) is 74.3 cm³/mol. The van der Waals surface area contributed by atoms with Gasteiger partial charge in [0.05, 0.1) is 12.7 Å². The number of ether oxygens (including phenoxy) is 1. The van der Waals surface area contributed by atoms with E-state index in [1.807, 2.05) is 0 Å². The summed E-state index contributed by atoms with van der Waals surface area (Å²) < 4.78 is 5.78. The van der Waals surface area contributed by atoms with Gasteiger partial charge in [0.2, 0.25) is 0 Å². The number of aliphatic hydroxyl groups excluding tert-OH is 2. The van der Waals surface area contributed by atoms with Gasteiger partial charge in [-0.25, -0.2) is 0 Å². The van der Waals surface area contributed by atoms with Crippen molar-refractivity contribution < 1.29 is 14.9 Å². The lowest BCUT2D eigenvalue weighted by Gasteiger charge is -2.36. The van der Waals surface area contributed by atoms with E-state index in [0.29, 0.717) is 0 Å². The first-order valence-electron chi connectivity index (χ1n) is 7.65. The Morgan fingerprint density at radius 2 is 1.50 bits per heavy atom. The third-order valence-corrected chi connectivity index (χ3v) is 5.09. The van der Waals surface area contributed by atoms with Crippen LogP contribution in [0.3, 0.4) is 0 Å². The topological polar surface area (TPSA) is 49.7 Å². The van der Waals surface area contributed by atoms with Crippen LogP contribution in [0.5, 0.6) is 0 Å². The van der Waals surface area contributed by atoms with Gasteiger partial charge in [0.15, 0.2) is 0 Å². The lowest BCUT2D eigenvalue weighted by atomic mass is 9.64. The molecule has 1 heterocycles. The summed E-state index contributed by atoms with van der Waals surface area (Å²) in [6.45, 7) is -0.0622. The molecule has 3 nitrogen and oxygen atoms in total. The monoisotopic (exact) mass is 254 g/mol. The molecule has 0 amide bonds. The van der Waals surface area contributed by atoms with E-state index in [4.69, 9.17) is 4.74 Å². The maximum Gasteiger partial charge on any atom is 0.140 e. The molecule has 4 heteroatoms. The lowest BCUT2D eigenvalue weighted by Crippen LogP contribution is -2.42. The third kappa shape index (κ3) is 2.76. The molecule has 3 unspecified atom stereocenters. The molecule has 1 saturated carbocycles. The Kier molecular flexibility index (Phi) is 5.10. The summed E-state index contributed by atoms with van der Waals surface area (Å²) in [5.74, 6) is 0. The zero-order valence-electron chi connectivity index (χ0n) is 11.6. The summed E-state index contributed by atoms with van der Waals surface area (Å²) in [7, 11) is 2.07. The van der Waals surface area contributed by atoms with Crippen LogP contribution in [0, 0.1) is 5.41 Å². The SMILES string of the molecule is BC1OC(CO)C(O)C12CCCCCCCCC2. The van der Waals surface area contributed by atoms with E-state index in [9.17, 15) is 10.2 Å². The molecule has 1 aliphatic heterocycles. The number of hydrogen-bond acceptors (Lipinski definition) is 3. The minimum atomic E-state index is -0.489. The second-order valence-electron chi connectivity index (χ2n) is 6.15. The first-order chi connectivity index (χ1) is 8.70. The van der Waals surface area contributed by atoms with E-state index < -0.39 is 6.10 Å². The molecule has 2 rings (SSSR count). The van der Waals surface area contributed by atoms with Gasteiger partial charge < -0.3 is 14.9 Å². The summed E-state index contributed by atoms with van der Waals surface area (Å²) in [5.41, 5.74) is -0.106. The normalized spacial score (nSPS) is 37.8. The van der Waals surface area contributed by atoms with Crippen molar-refractivity contribution in [1.82, 2.24) is 0 Å². The van der Waals surface area contributed by atoms with Crippen LogP contribution in [-0.4, -0.2) is 42.9 Å². The highest BCUT2D eigenvalue weighted by molar-refractivity contribution is 6.11. The van der Waals surface area contributed by atoms with Crippen LogP contribution in [0.1, 0.15) is 57.8 Å². The van der Waals surface area contributed by atoms with Crippen LogP contribution in [0.25, 0.3) is 0 Å². The van der Waals surface area contributed by atoms with Crippen molar-refractivity contribution in [2.75, 3.05) is 6.61 Å². The van der Waals surface area contributed by atoms with Crippen LogP contribution in [0.4, 0.5) is 0 Å². The molecule has 1 spiro atoms. The molecule has 1 saturated heterocycles. The first kappa shape index (κ1) is 14.4. The minimum absolute atomic E-state index is 0.0622. The smallest absolute Gasteiger partial charge is 0.140 e. The lowest BCUT2D eigenvalue weighted by molar-refractivity contribution is -0.0112. The van der Waals surface area contributed by atoms with Crippen molar-refractivity contribution in [2.24, 2.45) is 5.41 Å². The van der Waals surface area contributed by atoms with Gasteiger partial charge in [0.1, 0.15) is 14.0 Å². The van der Waals surface area contributed by atoms with Crippen molar-refractivity contribution in [3.63, 3.8) is 0 Å². The highest BCUT2D eigenvalue weighted by Crippen LogP contribution is 2.46. The predicted octanol–water partition coefficient (Wildman–Crippen LogP) is 1.21. The van der Waals surface area contributed by atoms with Crippen LogP contribution >= 0.6 is 0 Å². The van der Waals surface area contributed by atoms with Crippen LogP contribution < -0.4 is 0 Å². The molecular formula is C14H27BO3. The van der Waals surface area contributed by atoms with E-state index in [1.165, 1.54) is 44.9 Å². The Labute approximate surface area is 111 Å². The number of rotatable bonds is 1. The van der Waals surface area contributed by atoms with Crippen LogP contribution in [0.15, 0.2) is 0 Å². The Morgan fingerprint density at radius 1 is 1.00 bits per heavy atom. The molecular weight excluding hydrogens is 227 g/mol. The molecule has 0 bridgehead atoms. The minimum Gasteiger partial charge on any atom is -0.394 e. The van der Waals surface area contributed by atoms with Gasteiger partial charge in [-0.2, -0.15) is 0 Å². The van der Waals surface area contributed by atoms with E-state index >= 15 is 0 Å². The molecule has 2 aliphatic rings. The molecule has 2 fully saturated rings. The summed E-state index contributed by atoms with van der Waals surface area (Å²) in [5, 5.41) is 19.8. The second kappa shape index (κ2) is 6.40. The summed E-state index contributed by atoms with van der Waals surface area (Å²) in [6.07, 6.45) is 10.1. The van der Waals surface area contributed by atoms with E-state index in [2.05, 4.69) is 7.85 Å². The Balaban J connectivity index is 2.08. The van der Waals surface area contributed by atoms with Crippen molar-refractivity contribution in [2.45, 2.75) is 76.0 Å². The van der Waals surface area contributed by atoms with Crippen molar-refractivity contribution in [1.29, 1.82) is 0 Å². The van der Waals surface area contributed by atoms with Gasteiger partial charge in [-0.15, -0.1) is 0 Å². The maximum atomic E-state index is 10.5. The maximum absolute atomic E-state index is 10.5. The molecule has 18 heavy (non-hydrogen) atoms. The van der Waals surface area contributed by atoms with Gasteiger partial charge in [-0.05, 0) is 12.8 Å². The summed E-state index contributed by atoms with van der Waals surface area (Å²) in [4.78, 5) is 0. The molecule has 0 aromatic heterocycles. The van der Waals surface area contributed by atoms with Gasteiger partial charge >= 0.3 is 0 Å². The van der Waals surface area contributed by atoms with Crippen molar-refractivity contribution in [3.8, 4) is 0 Å². The summed E-state index contributed by atoms with van der Waals surface area (Å²) in [6, 6.07) is 0.0732. The average Bonchev–Trinajstić information content (AvgIpc) is 2.62. The Hall–Kier alpha value is -0.0551. The van der Waals surface area contributed by atoms with Crippen molar-refractivity contribution >= 4 is 7.85 Å². The molecule has 0 aromatic carbocycles. The van der Waals surface area contributed by atoms with Gasteiger partial charge in [0.25, 0.3) is 0 Å². The standard InChI is InChI=1S/C14H27BO3/c15-13-14(12(17)11(10-16)18-13)8-6-4-2-1-3-5-7-9-14/h11-13,16-17H,1-10,15H2. The first-order valence-corrected chi connectivity index (χ1v) is 7.65. The average molecular weight is 254 g/mol. The fraction of sp³-hybridized carbons (Fsp3) is 1.00. The molecule has 0 radical (unpaired) electrons. The Morgan fingerprint density at radius 3 is 1.94 bits per heavy atom. The third-order valence-electron chi connectivity index (χ3n) is 5.09. The zero-order valence-corrected chi connectivity index (χ0v) is 11.6.